The van der Waals surface area contributed by atoms with Crippen molar-refractivity contribution in [2.24, 2.45) is 5.41 Å². The van der Waals surface area contributed by atoms with Crippen LogP contribution >= 0.6 is 0 Å². The van der Waals surface area contributed by atoms with E-state index in [0.29, 0.717) is 6.54 Å². The number of aliphatic hydroxyl groups excluding tert-OH is 1. The third-order valence-electron chi connectivity index (χ3n) is 3.82. The molecule has 1 aliphatic rings. The zero-order chi connectivity index (χ0) is 13.9. The van der Waals surface area contributed by atoms with Gasteiger partial charge in [0, 0.05) is 12.0 Å². The molecular weight excluding hydrogens is 251 g/mol. The van der Waals surface area contributed by atoms with Gasteiger partial charge in [-0.15, -0.1) is 0 Å². The summed E-state index contributed by atoms with van der Waals surface area (Å²) in [6.45, 7) is 0.469. The molecular formula is C13H17FN2O3. The molecule has 0 unspecified atom stereocenters. The summed E-state index contributed by atoms with van der Waals surface area (Å²) < 4.78 is 13.4. The number of para-hydroxylation sites is 1. The van der Waals surface area contributed by atoms with E-state index < -0.39 is 16.4 Å². The first-order chi connectivity index (χ1) is 9.08. The van der Waals surface area contributed by atoms with Crippen molar-refractivity contribution in [1.29, 1.82) is 0 Å². The van der Waals surface area contributed by atoms with Crippen LogP contribution in [0.2, 0.25) is 0 Å². The molecule has 0 bridgehead atoms. The fraction of sp³-hybridized carbons (Fsp3) is 0.538. The molecule has 1 aromatic carbocycles. The minimum absolute atomic E-state index is 0.0448. The van der Waals surface area contributed by atoms with E-state index in [1.807, 2.05) is 0 Å². The highest BCUT2D eigenvalue weighted by Crippen LogP contribution is 2.38. The number of nitrogens with zero attached hydrogens (tertiary/aromatic N) is 1. The number of nitrogens with one attached hydrogen (secondary N) is 1. The fourth-order valence-corrected chi connectivity index (χ4v) is 2.64. The van der Waals surface area contributed by atoms with Gasteiger partial charge in [0.2, 0.25) is 5.82 Å². The maximum Gasteiger partial charge on any atom is 0.327 e. The summed E-state index contributed by atoms with van der Waals surface area (Å²) >= 11 is 0. The van der Waals surface area contributed by atoms with Crippen LogP contribution in [0.15, 0.2) is 18.2 Å². The van der Waals surface area contributed by atoms with Crippen molar-refractivity contribution in [2.45, 2.75) is 25.7 Å². The van der Waals surface area contributed by atoms with E-state index in [0.717, 1.165) is 31.7 Å². The molecule has 2 rings (SSSR count). The lowest BCUT2D eigenvalue weighted by Gasteiger charge is -2.27. The number of rotatable bonds is 5. The first kappa shape index (κ1) is 13.7. The average Bonchev–Trinajstić information content (AvgIpc) is 2.85. The molecule has 0 radical (unpaired) electrons. The molecule has 0 atom stereocenters. The third kappa shape index (κ3) is 2.84. The summed E-state index contributed by atoms with van der Waals surface area (Å²) in [5, 5.41) is 23.3. The van der Waals surface area contributed by atoms with Gasteiger partial charge in [-0.05, 0) is 25.0 Å². The van der Waals surface area contributed by atoms with Crippen LogP contribution in [0.25, 0.3) is 0 Å². The molecule has 104 valence electrons. The van der Waals surface area contributed by atoms with Crippen molar-refractivity contribution in [1.82, 2.24) is 0 Å². The molecule has 0 heterocycles. The smallest absolute Gasteiger partial charge is 0.327 e. The molecule has 0 aliphatic heterocycles. The number of anilines is 1. The zero-order valence-corrected chi connectivity index (χ0v) is 10.6. The molecule has 19 heavy (non-hydrogen) atoms. The summed E-state index contributed by atoms with van der Waals surface area (Å²) in [6.07, 6.45) is 3.88. The van der Waals surface area contributed by atoms with Gasteiger partial charge >= 0.3 is 5.69 Å². The molecule has 1 aliphatic carbocycles. The maximum atomic E-state index is 13.4. The minimum atomic E-state index is -0.848. The van der Waals surface area contributed by atoms with Crippen molar-refractivity contribution in [3.05, 3.63) is 34.1 Å². The van der Waals surface area contributed by atoms with E-state index in [1.54, 1.807) is 0 Å². The van der Waals surface area contributed by atoms with Gasteiger partial charge in [0.05, 0.1) is 11.5 Å². The molecule has 0 amide bonds. The summed E-state index contributed by atoms with van der Waals surface area (Å²) in [6, 6.07) is 3.99. The Balaban J connectivity index is 2.15. The first-order valence-electron chi connectivity index (χ1n) is 6.36. The number of nitro groups is 1. The van der Waals surface area contributed by atoms with Gasteiger partial charge in [0.1, 0.15) is 5.69 Å². The maximum absolute atomic E-state index is 13.4. The van der Waals surface area contributed by atoms with Crippen LogP contribution in [0.4, 0.5) is 15.8 Å². The topological polar surface area (TPSA) is 75.4 Å². The van der Waals surface area contributed by atoms with E-state index in [4.69, 9.17) is 0 Å². The Morgan fingerprint density at radius 3 is 2.68 bits per heavy atom. The molecule has 0 saturated heterocycles. The molecule has 6 heteroatoms. The quantitative estimate of drug-likeness (QED) is 0.636. The fourth-order valence-electron chi connectivity index (χ4n) is 2.64. The molecule has 1 fully saturated rings. The molecule has 2 N–H and O–H groups in total. The summed E-state index contributed by atoms with van der Waals surface area (Å²) in [5.74, 6) is -0.848. The van der Waals surface area contributed by atoms with Crippen LogP contribution in [-0.2, 0) is 0 Å². The summed E-state index contributed by atoms with van der Waals surface area (Å²) in [7, 11) is 0. The Bertz CT molecular complexity index is 473. The van der Waals surface area contributed by atoms with Crippen LogP contribution in [0.1, 0.15) is 25.7 Å². The summed E-state index contributed by atoms with van der Waals surface area (Å²) in [4.78, 5) is 10.1. The number of benzene rings is 1. The minimum Gasteiger partial charge on any atom is -0.396 e. The number of nitro benzene ring substituents is 1. The highest BCUT2D eigenvalue weighted by Gasteiger charge is 2.33. The number of hydrogen-bond donors (Lipinski definition) is 2. The van der Waals surface area contributed by atoms with E-state index in [-0.39, 0.29) is 17.7 Å². The molecule has 0 spiro atoms. The summed E-state index contributed by atoms with van der Waals surface area (Å²) in [5.41, 5.74) is -0.599. The van der Waals surface area contributed by atoms with Crippen LogP contribution in [-0.4, -0.2) is 23.2 Å². The number of halogens is 1. The van der Waals surface area contributed by atoms with Crippen molar-refractivity contribution >= 4 is 11.4 Å². The van der Waals surface area contributed by atoms with Gasteiger partial charge in [-0.2, -0.15) is 4.39 Å². The van der Waals surface area contributed by atoms with Crippen molar-refractivity contribution in [3.63, 3.8) is 0 Å². The lowest BCUT2D eigenvalue weighted by Crippen LogP contribution is -2.30. The first-order valence-corrected chi connectivity index (χ1v) is 6.36. The SMILES string of the molecule is O=[N+]([O-])c1c(F)cccc1NCC1(CO)CCCC1. The molecule has 0 aromatic heterocycles. The standard InChI is InChI=1S/C13H17FN2O3/c14-10-4-3-5-11(12(10)16(18)19)15-8-13(9-17)6-1-2-7-13/h3-5,15,17H,1-2,6-9H2. The number of hydrogen-bond acceptors (Lipinski definition) is 4. The lowest BCUT2D eigenvalue weighted by atomic mass is 9.87. The van der Waals surface area contributed by atoms with Crippen molar-refractivity contribution in [3.8, 4) is 0 Å². The largest absolute Gasteiger partial charge is 0.396 e. The van der Waals surface area contributed by atoms with E-state index in [9.17, 15) is 19.6 Å². The monoisotopic (exact) mass is 268 g/mol. The van der Waals surface area contributed by atoms with Crippen LogP contribution in [0, 0.1) is 21.3 Å². The van der Waals surface area contributed by atoms with Gasteiger partial charge in [-0.25, -0.2) is 0 Å². The number of aliphatic hydroxyl groups is 1. The predicted molar refractivity (Wildman–Crippen MR) is 69.5 cm³/mol. The van der Waals surface area contributed by atoms with Gasteiger partial charge in [-0.1, -0.05) is 18.9 Å². The highest BCUT2D eigenvalue weighted by atomic mass is 19.1. The second kappa shape index (κ2) is 5.52. The van der Waals surface area contributed by atoms with Gasteiger partial charge in [-0.3, -0.25) is 10.1 Å². The Hall–Kier alpha value is -1.69. The Morgan fingerprint density at radius 1 is 1.42 bits per heavy atom. The second-order valence-corrected chi connectivity index (χ2v) is 5.11. The van der Waals surface area contributed by atoms with Gasteiger partial charge in [0.15, 0.2) is 0 Å². The third-order valence-corrected chi connectivity index (χ3v) is 3.82. The normalized spacial score (nSPS) is 17.4. The molecule has 1 saturated carbocycles. The Labute approximate surface area is 110 Å². The Morgan fingerprint density at radius 2 is 2.11 bits per heavy atom. The second-order valence-electron chi connectivity index (χ2n) is 5.11. The van der Waals surface area contributed by atoms with Crippen molar-refractivity contribution in [2.75, 3.05) is 18.5 Å². The van der Waals surface area contributed by atoms with E-state index in [2.05, 4.69) is 5.32 Å². The molecule has 1 aromatic rings. The van der Waals surface area contributed by atoms with E-state index >= 15 is 0 Å². The van der Waals surface area contributed by atoms with Gasteiger partial charge in [0.25, 0.3) is 0 Å². The lowest BCUT2D eigenvalue weighted by molar-refractivity contribution is -0.386. The van der Waals surface area contributed by atoms with Crippen LogP contribution in [0.3, 0.4) is 0 Å². The predicted octanol–water partition coefficient (Wildman–Crippen LogP) is 2.70. The zero-order valence-electron chi connectivity index (χ0n) is 10.6. The van der Waals surface area contributed by atoms with Gasteiger partial charge < -0.3 is 10.4 Å². The highest BCUT2D eigenvalue weighted by molar-refractivity contribution is 5.62. The molecule has 5 nitrogen and oxygen atoms in total. The Kier molecular flexibility index (Phi) is 3.99. The van der Waals surface area contributed by atoms with Crippen LogP contribution in [0.5, 0.6) is 0 Å². The van der Waals surface area contributed by atoms with E-state index in [1.165, 1.54) is 12.1 Å². The average molecular weight is 268 g/mol. The van der Waals surface area contributed by atoms with Crippen LogP contribution < -0.4 is 5.32 Å². The van der Waals surface area contributed by atoms with Crippen molar-refractivity contribution < 1.29 is 14.4 Å².